The molecular formula is C32H49N3O7. The third-order valence-electron chi connectivity index (χ3n) is 9.26. The molecule has 4 N–H and O–H groups in total. The van der Waals surface area contributed by atoms with E-state index >= 15 is 0 Å². The largest absolute Gasteiger partial charge is 0.465 e. The van der Waals surface area contributed by atoms with Crippen LogP contribution in [0.4, 0.5) is 4.79 Å². The molecule has 42 heavy (non-hydrogen) atoms. The van der Waals surface area contributed by atoms with Gasteiger partial charge in [-0.05, 0) is 63.9 Å². The third kappa shape index (κ3) is 8.91. The van der Waals surface area contributed by atoms with Gasteiger partial charge in [0.15, 0.2) is 0 Å². The molecule has 4 fully saturated rings. The lowest BCUT2D eigenvalue weighted by molar-refractivity contribution is -0.125. The minimum absolute atomic E-state index is 0.0380. The van der Waals surface area contributed by atoms with E-state index < -0.39 is 6.09 Å². The molecule has 0 aromatic carbocycles. The lowest BCUT2D eigenvalue weighted by atomic mass is 9.88. The number of likely N-dealkylation sites (tertiary alicyclic amines) is 1. The predicted molar refractivity (Wildman–Crippen MR) is 159 cm³/mol. The maximum Gasteiger partial charge on any atom is 0.407 e. The highest BCUT2D eigenvalue weighted by molar-refractivity contribution is 5.87. The fourth-order valence-corrected chi connectivity index (χ4v) is 6.69. The van der Waals surface area contributed by atoms with Gasteiger partial charge in [0.05, 0.1) is 49.1 Å². The topological polar surface area (TPSA) is 144 Å². The van der Waals surface area contributed by atoms with Crippen molar-refractivity contribution < 1.29 is 33.7 Å². The average Bonchev–Trinajstić information content (AvgIpc) is 3.68. The highest BCUT2D eigenvalue weighted by atomic mass is 16.6. The van der Waals surface area contributed by atoms with Crippen LogP contribution in [0.15, 0.2) is 36.0 Å². The molecule has 1 spiro atoms. The van der Waals surface area contributed by atoms with Crippen LogP contribution in [0.25, 0.3) is 0 Å². The number of allylic oxidation sites excluding steroid dienone is 2. The van der Waals surface area contributed by atoms with Crippen molar-refractivity contribution in [1.82, 2.24) is 10.2 Å². The standard InChI is InChI=1S/C32H49N3O7/c1-20(8-11-24-17-32(19-40-32)18-25(42-24)16-29(33)36)9-12-28-22(3)15-26(23(4)41-28)34-30(37)13-10-21(2)27-7-5-6-14-35(27)31(38)39/h8-11,13,21-28H,5-7,12,14-19H2,1-4H3,(H2,33,36)(H,34,37)(H,38,39)/b11-8+,13-10+,20-9+/t21?,22-,23+,24+,25+,26+,27-,28-,32+/m0/s1. The first-order valence-corrected chi connectivity index (χ1v) is 15.5. The number of epoxide rings is 1. The molecule has 1 unspecified atom stereocenters. The van der Waals surface area contributed by atoms with Gasteiger partial charge in [-0.1, -0.05) is 43.7 Å². The van der Waals surface area contributed by atoms with Gasteiger partial charge in [-0.2, -0.15) is 0 Å². The maximum absolute atomic E-state index is 12.7. The first-order chi connectivity index (χ1) is 19.9. The summed E-state index contributed by atoms with van der Waals surface area (Å²) in [4.78, 5) is 37.2. The van der Waals surface area contributed by atoms with Gasteiger partial charge >= 0.3 is 6.09 Å². The molecule has 10 heteroatoms. The zero-order valence-corrected chi connectivity index (χ0v) is 25.5. The lowest BCUT2D eigenvalue weighted by Crippen LogP contribution is -2.50. The van der Waals surface area contributed by atoms with Gasteiger partial charge < -0.3 is 35.3 Å². The van der Waals surface area contributed by atoms with E-state index in [4.69, 9.17) is 19.9 Å². The number of nitrogens with zero attached hydrogens (tertiary/aromatic N) is 1. The molecule has 234 valence electrons. The Kier molecular flexibility index (Phi) is 10.9. The van der Waals surface area contributed by atoms with Gasteiger partial charge in [0.1, 0.15) is 0 Å². The number of ether oxygens (including phenoxy) is 3. The fourth-order valence-electron chi connectivity index (χ4n) is 6.69. The summed E-state index contributed by atoms with van der Waals surface area (Å²) >= 11 is 0. The van der Waals surface area contributed by atoms with Crippen LogP contribution in [0.3, 0.4) is 0 Å². The lowest BCUT2D eigenvalue weighted by Gasteiger charge is -2.39. The number of carbonyl (C=O) groups is 3. The van der Waals surface area contributed by atoms with Crippen molar-refractivity contribution in [3.63, 3.8) is 0 Å². The summed E-state index contributed by atoms with van der Waals surface area (Å²) in [6, 6.07) is -0.185. The van der Waals surface area contributed by atoms with Crippen LogP contribution in [0.2, 0.25) is 0 Å². The molecule has 0 saturated carbocycles. The Balaban J connectivity index is 1.23. The maximum atomic E-state index is 12.7. The second kappa shape index (κ2) is 14.2. The first kappa shape index (κ1) is 32.2. The summed E-state index contributed by atoms with van der Waals surface area (Å²) < 4.78 is 18.1. The molecule has 9 atom stereocenters. The second-order valence-electron chi connectivity index (χ2n) is 12.9. The minimum atomic E-state index is -0.891. The molecule has 0 bridgehead atoms. The van der Waals surface area contributed by atoms with Crippen molar-refractivity contribution in [2.24, 2.45) is 17.6 Å². The first-order valence-electron chi connectivity index (χ1n) is 15.5. The summed E-state index contributed by atoms with van der Waals surface area (Å²) in [6.07, 6.45) is 14.4. The predicted octanol–water partition coefficient (Wildman–Crippen LogP) is 4.09. The molecular weight excluding hydrogens is 538 g/mol. The van der Waals surface area contributed by atoms with E-state index in [1.54, 1.807) is 6.08 Å². The number of amides is 3. The summed E-state index contributed by atoms with van der Waals surface area (Å²) in [5.41, 5.74) is 6.33. The zero-order chi connectivity index (χ0) is 30.4. The van der Waals surface area contributed by atoms with E-state index in [1.807, 2.05) is 26.0 Å². The SMILES string of the molecule is CC(/C=C/[C@@H]1C[C@]2(CO2)C[C@@H](CC(N)=O)O1)=C\C[C@@H]1O[C@H](C)[C@H](NC(=O)/C=C/C(C)[C@@H]2CCCCN2C(=O)O)C[C@@H]1C. The normalized spacial score (nSPS) is 36.3. The van der Waals surface area contributed by atoms with Crippen LogP contribution in [0.5, 0.6) is 0 Å². The van der Waals surface area contributed by atoms with Crippen LogP contribution in [0, 0.1) is 11.8 Å². The number of piperidine rings is 1. The number of carbonyl (C=O) groups excluding carboxylic acids is 2. The average molecular weight is 588 g/mol. The van der Waals surface area contributed by atoms with Crippen LogP contribution in [-0.4, -0.2) is 83.2 Å². The number of hydrogen-bond acceptors (Lipinski definition) is 6. The van der Waals surface area contributed by atoms with Crippen LogP contribution in [0.1, 0.15) is 79.1 Å². The Morgan fingerprint density at radius 3 is 2.62 bits per heavy atom. The number of carboxylic acid groups (broad SMARTS) is 1. The highest BCUT2D eigenvalue weighted by Crippen LogP contribution is 2.43. The Morgan fingerprint density at radius 2 is 1.93 bits per heavy atom. The van der Waals surface area contributed by atoms with Gasteiger partial charge in [0.25, 0.3) is 0 Å². The highest BCUT2D eigenvalue weighted by Gasteiger charge is 2.51. The van der Waals surface area contributed by atoms with E-state index in [-0.39, 0.29) is 72.2 Å². The Labute approximate surface area is 249 Å². The summed E-state index contributed by atoms with van der Waals surface area (Å²) in [5.74, 6) is -0.308. The van der Waals surface area contributed by atoms with Crippen molar-refractivity contribution >= 4 is 17.9 Å². The van der Waals surface area contributed by atoms with Crippen molar-refractivity contribution in [2.45, 2.75) is 121 Å². The molecule has 3 amide bonds. The Bertz CT molecular complexity index is 1070. The van der Waals surface area contributed by atoms with Crippen LogP contribution < -0.4 is 11.1 Å². The number of primary amides is 1. The number of nitrogens with one attached hydrogen (secondary N) is 1. The molecule has 0 radical (unpaired) electrons. The molecule has 4 aliphatic heterocycles. The number of hydrogen-bond donors (Lipinski definition) is 3. The third-order valence-corrected chi connectivity index (χ3v) is 9.26. The fraction of sp³-hybridized carbons (Fsp3) is 0.719. The molecule has 10 nitrogen and oxygen atoms in total. The zero-order valence-electron chi connectivity index (χ0n) is 25.5. The van der Waals surface area contributed by atoms with E-state index in [2.05, 4.69) is 31.3 Å². The molecule has 4 aliphatic rings. The van der Waals surface area contributed by atoms with Crippen molar-refractivity contribution in [2.75, 3.05) is 13.2 Å². The summed E-state index contributed by atoms with van der Waals surface area (Å²) in [6.45, 7) is 9.44. The van der Waals surface area contributed by atoms with E-state index in [9.17, 15) is 19.5 Å². The van der Waals surface area contributed by atoms with E-state index in [0.717, 1.165) is 44.1 Å². The Hall–Kier alpha value is -2.69. The van der Waals surface area contributed by atoms with Crippen LogP contribution >= 0.6 is 0 Å². The monoisotopic (exact) mass is 587 g/mol. The van der Waals surface area contributed by atoms with Gasteiger partial charge in [-0.3, -0.25) is 9.59 Å². The quantitative estimate of drug-likeness (QED) is 0.198. The van der Waals surface area contributed by atoms with Crippen LogP contribution in [-0.2, 0) is 23.8 Å². The molecule has 4 saturated heterocycles. The summed E-state index contributed by atoms with van der Waals surface area (Å²) in [7, 11) is 0. The molecule has 0 aromatic rings. The van der Waals surface area contributed by atoms with Gasteiger partial charge in [-0.25, -0.2) is 4.79 Å². The van der Waals surface area contributed by atoms with Gasteiger partial charge in [0.2, 0.25) is 11.8 Å². The van der Waals surface area contributed by atoms with Crippen molar-refractivity contribution in [3.05, 3.63) is 36.0 Å². The van der Waals surface area contributed by atoms with E-state index in [1.165, 1.54) is 4.90 Å². The smallest absolute Gasteiger partial charge is 0.407 e. The Morgan fingerprint density at radius 1 is 1.17 bits per heavy atom. The second-order valence-corrected chi connectivity index (χ2v) is 12.9. The number of rotatable bonds is 10. The van der Waals surface area contributed by atoms with Gasteiger partial charge in [-0.15, -0.1) is 0 Å². The van der Waals surface area contributed by atoms with Gasteiger partial charge in [0, 0.05) is 25.4 Å². The summed E-state index contributed by atoms with van der Waals surface area (Å²) in [5, 5.41) is 12.6. The van der Waals surface area contributed by atoms with Crippen molar-refractivity contribution in [1.29, 1.82) is 0 Å². The molecule has 4 heterocycles. The minimum Gasteiger partial charge on any atom is -0.465 e. The molecule has 0 aromatic heterocycles. The van der Waals surface area contributed by atoms with E-state index in [0.29, 0.717) is 19.6 Å². The van der Waals surface area contributed by atoms with Crippen molar-refractivity contribution in [3.8, 4) is 0 Å². The molecule has 4 rings (SSSR count). The molecule has 0 aliphatic carbocycles. The number of nitrogens with two attached hydrogens (primary N) is 1.